The summed E-state index contributed by atoms with van der Waals surface area (Å²) < 4.78 is 5.56. The molecule has 0 aromatic rings. The minimum Gasteiger partial charge on any atom is -0.378 e. The number of hydrogen-bond donors (Lipinski definition) is 2. The zero-order valence-corrected chi connectivity index (χ0v) is 10.0. The fourth-order valence-corrected chi connectivity index (χ4v) is 2.05. The van der Waals surface area contributed by atoms with Crippen LogP contribution in [-0.4, -0.2) is 32.3 Å². The molecule has 0 amide bonds. The maximum absolute atomic E-state index is 5.65. The largest absolute Gasteiger partial charge is 0.378 e. The number of ether oxygens (including phenoxy) is 1. The van der Waals surface area contributed by atoms with Crippen molar-refractivity contribution in [1.82, 2.24) is 5.32 Å². The molecule has 1 aliphatic rings. The molecular weight excluding hydrogens is 188 g/mol. The van der Waals surface area contributed by atoms with Crippen LogP contribution in [0.15, 0.2) is 0 Å². The van der Waals surface area contributed by atoms with Gasteiger partial charge in [0.2, 0.25) is 0 Å². The third-order valence-corrected chi connectivity index (χ3v) is 3.31. The van der Waals surface area contributed by atoms with Gasteiger partial charge in [-0.3, -0.25) is 0 Å². The Hall–Kier alpha value is -0.120. The summed E-state index contributed by atoms with van der Waals surface area (Å²) >= 11 is 0. The van der Waals surface area contributed by atoms with Crippen LogP contribution >= 0.6 is 0 Å². The summed E-state index contributed by atoms with van der Waals surface area (Å²) in [6.07, 6.45) is 6.59. The third-order valence-electron chi connectivity index (χ3n) is 3.31. The smallest absolute Gasteiger partial charge is 0.0588 e. The van der Waals surface area contributed by atoms with E-state index in [1.54, 1.807) is 0 Å². The van der Waals surface area contributed by atoms with Crippen molar-refractivity contribution in [3.8, 4) is 0 Å². The number of rotatable bonds is 8. The summed E-state index contributed by atoms with van der Waals surface area (Å²) in [6, 6.07) is 0. The Labute approximate surface area is 93.8 Å². The first-order valence-electron chi connectivity index (χ1n) is 6.39. The lowest BCUT2D eigenvalue weighted by Gasteiger charge is -2.13. The quantitative estimate of drug-likeness (QED) is 0.602. The molecule has 1 rings (SSSR count). The van der Waals surface area contributed by atoms with E-state index in [4.69, 9.17) is 10.5 Å². The highest BCUT2D eigenvalue weighted by Gasteiger charge is 2.14. The Bertz CT molecular complexity index is 139. The molecule has 0 radical (unpaired) electrons. The monoisotopic (exact) mass is 214 g/mol. The van der Waals surface area contributed by atoms with E-state index in [-0.39, 0.29) is 0 Å². The summed E-state index contributed by atoms with van der Waals surface area (Å²) in [4.78, 5) is 0. The third kappa shape index (κ3) is 5.50. The maximum atomic E-state index is 5.65. The van der Waals surface area contributed by atoms with Gasteiger partial charge < -0.3 is 15.8 Å². The molecule has 0 bridgehead atoms. The van der Waals surface area contributed by atoms with Gasteiger partial charge in [0.05, 0.1) is 6.10 Å². The Morgan fingerprint density at radius 3 is 2.93 bits per heavy atom. The van der Waals surface area contributed by atoms with E-state index >= 15 is 0 Å². The molecule has 0 aromatic heterocycles. The fraction of sp³-hybridized carbons (Fsp3) is 1.00. The van der Waals surface area contributed by atoms with Gasteiger partial charge in [-0.15, -0.1) is 0 Å². The first-order valence-corrected chi connectivity index (χ1v) is 6.39. The molecule has 1 heterocycles. The van der Waals surface area contributed by atoms with Gasteiger partial charge in [0, 0.05) is 6.61 Å². The molecule has 3 N–H and O–H groups in total. The molecule has 1 saturated heterocycles. The van der Waals surface area contributed by atoms with Crippen molar-refractivity contribution in [3.63, 3.8) is 0 Å². The molecule has 2 unspecified atom stereocenters. The molecule has 15 heavy (non-hydrogen) atoms. The van der Waals surface area contributed by atoms with Crippen LogP contribution < -0.4 is 11.1 Å². The minimum atomic E-state index is 0.522. The van der Waals surface area contributed by atoms with Crippen molar-refractivity contribution >= 4 is 0 Å². The predicted molar refractivity (Wildman–Crippen MR) is 63.9 cm³/mol. The van der Waals surface area contributed by atoms with Crippen LogP contribution in [0.3, 0.4) is 0 Å². The van der Waals surface area contributed by atoms with Crippen LogP contribution in [0.2, 0.25) is 0 Å². The highest BCUT2D eigenvalue weighted by molar-refractivity contribution is 4.66. The van der Waals surface area contributed by atoms with Gasteiger partial charge in [0.15, 0.2) is 0 Å². The molecule has 1 fully saturated rings. The average Bonchev–Trinajstić information content (AvgIpc) is 2.76. The normalized spacial score (nSPS) is 23.2. The summed E-state index contributed by atoms with van der Waals surface area (Å²) in [5.74, 6) is 0.695. The van der Waals surface area contributed by atoms with Gasteiger partial charge in [-0.25, -0.2) is 0 Å². The lowest BCUT2D eigenvalue weighted by molar-refractivity contribution is 0.104. The molecule has 0 saturated carbocycles. The second kappa shape index (κ2) is 8.08. The number of nitrogens with two attached hydrogens (primary N) is 1. The lowest BCUT2D eigenvalue weighted by Crippen LogP contribution is -2.24. The van der Waals surface area contributed by atoms with E-state index in [0.717, 1.165) is 26.2 Å². The highest BCUT2D eigenvalue weighted by atomic mass is 16.5. The van der Waals surface area contributed by atoms with Crippen molar-refractivity contribution in [2.45, 2.75) is 45.1 Å². The van der Waals surface area contributed by atoms with Crippen LogP contribution in [0, 0.1) is 5.92 Å². The van der Waals surface area contributed by atoms with Crippen LogP contribution in [0.25, 0.3) is 0 Å². The first kappa shape index (κ1) is 12.9. The van der Waals surface area contributed by atoms with Crippen LogP contribution in [0.4, 0.5) is 0 Å². The van der Waals surface area contributed by atoms with Gasteiger partial charge in [0.1, 0.15) is 0 Å². The summed E-state index contributed by atoms with van der Waals surface area (Å²) in [7, 11) is 0. The molecule has 3 heteroatoms. The zero-order valence-electron chi connectivity index (χ0n) is 10.0. The van der Waals surface area contributed by atoms with E-state index in [1.165, 1.54) is 32.1 Å². The van der Waals surface area contributed by atoms with Gasteiger partial charge in [-0.2, -0.15) is 0 Å². The molecular formula is C12H26N2O. The second-order valence-corrected chi connectivity index (χ2v) is 4.47. The van der Waals surface area contributed by atoms with Crippen molar-refractivity contribution in [3.05, 3.63) is 0 Å². The number of nitrogens with one attached hydrogen (secondary N) is 1. The van der Waals surface area contributed by atoms with Crippen LogP contribution in [0.1, 0.15) is 39.0 Å². The summed E-state index contributed by atoms with van der Waals surface area (Å²) in [5, 5.41) is 3.48. The van der Waals surface area contributed by atoms with Crippen LogP contribution in [-0.2, 0) is 4.74 Å². The van der Waals surface area contributed by atoms with Crippen LogP contribution in [0.5, 0.6) is 0 Å². The molecule has 0 aromatic carbocycles. The van der Waals surface area contributed by atoms with E-state index in [9.17, 15) is 0 Å². The summed E-state index contributed by atoms with van der Waals surface area (Å²) in [6.45, 7) is 6.19. The minimum absolute atomic E-state index is 0.522. The maximum Gasteiger partial charge on any atom is 0.0588 e. The molecule has 1 aliphatic heterocycles. The van der Waals surface area contributed by atoms with Crippen molar-refractivity contribution in [2.24, 2.45) is 11.7 Å². The average molecular weight is 214 g/mol. The SMILES string of the molecule is CCC(CN)CCNCCC1CCCO1. The highest BCUT2D eigenvalue weighted by Crippen LogP contribution is 2.14. The second-order valence-electron chi connectivity index (χ2n) is 4.47. The van der Waals surface area contributed by atoms with Gasteiger partial charge >= 0.3 is 0 Å². The van der Waals surface area contributed by atoms with Crippen molar-refractivity contribution in [1.29, 1.82) is 0 Å². The molecule has 3 nitrogen and oxygen atoms in total. The predicted octanol–water partition coefficient (Wildman–Crippen LogP) is 1.52. The Morgan fingerprint density at radius 1 is 1.47 bits per heavy atom. The Balaban J connectivity index is 1.87. The molecule has 0 aliphatic carbocycles. The fourth-order valence-electron chi connectivity index (χ4n) is 2.05. The van der Waals surface area contributed by atoms with Gasteiger partial charge in [0.25, 0.3) is 0 Å². The van der Waals surface area contributed by atoms with E-state index in [0.29, 0.717) is 12.0 Å². The van der Waals surface area contributed by atoms with E-state index in [2.05, 4.69) is 12.2 Å². The lowest BCUT2D eigenvalue weighted by atomic mass is 10.0. The van der Waals surface area contributed by atoms with Gasteiger partial charge in [-0.05, 0) is 51.2 Å². The molecule has 90 valence electrons. The summed E-state index contributed by atoms with van der Waals surface area (Å²) in [5.41, 5.74) is 5.65. The topological polar surface area (TPSA) is 47.3 Å². The number of hydrogen-bond acceptors (Lipinski definition) is 3. The Kier molecular flexibility index (Phi) is 6.98. The van der Waals surface area contributed by atoms with E-state index in [1.807, 2.05) is 0 Å². The van der Waals surface area contributed by atoms with Crippen molar-refractivity contribution < 1.29 is 4.74 Å². The zero-order chi connectivity index (χ0) is 10.9. The first-order chi connectivity index (χ1) is 7.36. The van der Waals surface area contributed by atoms with Crippen molar-refractivity contribution in [2.75, 3.05) is 26.2 Å². The molecule has 0 spiro atoms. The van der Waals surface area contributed by atoms with Gasteiger partial charge in [-0.1, -0.05) is 13.3 Å². The standard InChI is InChI=1S/C12H26N2O/c1-2-11(10-13)5-7-14-8-6-12-4-3-9-15-12/h11-12,14H,2-10,13H2,1H3. The van der Waals surface area contributed by atoms with E-state index < -0.39 is 0 Å². The molecule has 2 atom stereocenters. The Morgan fingerprint density at radius 2 is 2.33 bits per heavy atom.